The lowest BCUT2D eigenvalue weighted by Gasteiger charge is -2.02. The van der Waals surface area contributed by atoms with Crippen molar-refractivity contribution in [3.8, 4) is 17.6 Å². The van der Waals surface area contributed by atoms with Crippen molar-refractivity contribution >= 4 is 17.3 Å². The summed E-state index contributed by atoms with van der Waals surface area (Å²) >= 11 is 0. The van der Waals surface area contributed by atoms with Crippen LogP contribution in [-0.4, -0.2) is 15.1 Å². The summed E-state index contributed by atoms with van der Waals surface area (Å²) in [6.45, 7) is 0. The van der Waals surface area contributed by atoms with Gasteiger partial charge in [0, 0.05) is 23.8 Å². The highest BCUT2D eigenvalue weighted by atomic mass is 16.6. The second-order valence-corrected chi connectivity index (χ2v) is 4.22. The van der Waals surface area contributed by atoms with Crippen LogP contribution in [0.2, 0.25) is 0 Å². The summed E-state index contributed by atoms with van der Waals surface area (Å²) in [6.07, 6.45) is 1.44. The van der Waals surface area contributed by atoms with Gasteiger partial charge in [-0.2, -0.15) is 5.26 Å². The second-order valence-electron chi connectivity index (χ2n) is 4.22. The molecule has 6 heteroatoms. The lowest BCUT2D eigenvalue weighted by Crippen LogP contribution is -1.88. The number of phenolic OH excluding ortho intramolecular Hbond substituents is 2. The smallest absolute Gasteiger partial charge is 0.269 e. The quantitative estimate of drug-likeness (QED) is 0.389. The molecule has 2 N–H and O–H groups in total. The van der Waals surface area contributed by atoms with E-state index in [4.69, 9.17) is 0 Å². The third-order valence-electron chi connectivity index (χ3n) is 2.82. The van der Waals surface area contributed by atoms with Crippen molar-refractivity contribution in [3.63, 3.8) is 0 Å². The number of aromatic hydroxyl groups is 2. The van der Waals surface area contributed by atoms with Gasteiger partial charge in [0.15, 0.2) is 0 Å². The van der Waals surface area contributed by atoms with E-state index in [2.05, 4.69) is 0 Å². The first-order chi connectivity index (χ1) is 10.0. The lowest BCUT2D eigenvalue weighted by atomic mass is 10.0. The minimum absolute atomic E-state index is 0.0662. The minimum Gasteiger partial charge on any atom is -0.508 e. The van der Waals surface area contributed by atoms with Gasteiger partial charge in [-0.1, -0.05) is 0 Å². The van der Waals surface area contributed by atoms with Gasteiger partial charge >= 0.3 is 0 Å². The van der Waals surface area contributed by atoms with Crippen molar-refractivity contribution < 1.29 is 15.1 Å². The minimum atomic E-state index is -0.522. The maximum absolute atomic E-state index is 10.6. The molecule has 0 aliphatic rings. The summed E-state index contributed by atoms with van der Waals surface area (Å²) in [5.41, 5.74) is 1.03. The Kier molecular flexibility index (Phi) is 3.86. The van der Waals surface area contributed by atoms with Crippen LogP contribution in [0.3, 0.4) is 0 Å². The Hall–Kier alpha value is -3.33. The zero-order valence-electron chi connectivity index (χ0n) is 10.7. The number of rotatable bonds is 3. The molecule has 21 heavy (non-hydrogen) atoms. The van der Waals surface area contributed by atoms with E-state index in [9.17, 15) is 25.6 Å². The first kappa shape index (κ1) is 14.1. The molecular formula is C15H10N2O4. The van der Waals surface area contributed by atoms with Gasteiger partial charge in [-0.05, 0) is 35.9 Å². The van der Waals surface area contributed by atoms with Gasteiger partial charge in [-0.15, -0.1) is 0 Å². The number of nitrogens with zero attached hydrogens (tertiary/aromatic N) is 2. The Labute approximate surface area is 120 Å². The van der Waals surface area contributed by atoms with Gasteiger partial charge in [-0.3, -0.25) is 10.1 Å². The average molecular weight is 282 g/mol. The van der Waals surface area contributed by atoms with Crippen molar-refractivity contribution in [1.29, 1.82) is 5.26 Å². The number of benzene rings is 2. The predicted octanol–water partition coefficient (Wildman–Crippen LogP) is 3.07. The highest BCUT2D eigenvalue weighted by molar-refractivity contribution is 5.90. The maximum Gasteiger partial charge on any atom is 0.269 e. The molecule has 0 amide bonds. The van der Waals surface area contributed by atoms with E-state index in [0.717, 1.165) is 6.07 Å². The molecule has 0 unspecified atom stereocenters. The van der Waals surface area contributed by atoms with Crippen molar-refractivity contribution in [2.45, 2.75) is 0 Å². The molecule has 104 valence electrons. The van der Waals surface area contributed by atoms with E-state index >= 15 is 0 Å². The summed E-state index contributed by atoms with van der Waals surface area (Å²) in [7, 11) is 0. The van der Waals surface area contributed by atoms with Crippen LogP contribution in [0, 0.1) is 21.4 Å². The topological polar surface area (TPSA) is 107 Å². The number of nitro groups is 1. The Balaban J connectivity index is 2.41. The Morgan fingerprint density at radius 1 is 1.19 bits per heavy atom. The van der Waals surface area contributed by atoms with E-state index in [-0.39, 0.29) is 22.8 Å². The lowest BCUT2D eigenvalue weighted by molar-refractivity contribution is -0.384. The number of phenols is 2. The Bertz CT molecular complexity index is 758. The molecule has 0 aliphatic carbocycles. The van der Waals surface area contributed by atoms with E-state index in [1.165, 1.54) is 42.5 Å². The van der Waals surface area contributed by atoms with Gasteiger partial charge in [0.05, 0.1) is 16.6 Å². The molecule has 0 aliphatic heterocycles. The largest absolute Gasteiger partial charge is 0.508 e. The van der Waals surface area contributed by atoms with Crippen LogP contribution >= 0.6 is 0 Å². The average Bonchev–Trinajstić information content (AvgIpc) is 2.47. The number of nitro benzene ring substituents is 1. The second kappa shape index (κ2) is 5.75. The van der Waals surface area contributed by atoms with Crippen LogP contribution in [0.25, 0.3) is 11.6 Å². The third-order valence-corrected chi connectivity index (χ3v) is 2.82. The van der Waals surface area contributed by atoms with Crippen LogP contribution < -0.4 is 0 Å². The van der Waals surface area contributed by atoms with E-state index < -0.39 is 4.92 Å². The molecule has 0 aromatic heterocycles. The fraction of sp³-hybridized carbons (Fsp3) is 0. The molecule has 2 rings (SSSR count). The number of hydrogen-bond donors (Lipinski definition) is 2. The van der Waals surface area contributed by atoms with E-state index in [1.807, 2.05) is 6.07 Å². The standard InChI is InChI=1S/C15H10N2O4/c16-9-12(7-11-3-6-14(18)8-15(11)19)10-1-4-13(5-2-10)17(20)21/h1-8,18-19H. The van der Waals surface area contributed by atoms with Crippen molar-refractivity contribution in [2.24, 2.45) is 0 Å². The molecule has 0 spiro atoms. The van der Waals surface area contributed by atoms with Crippen LogP contribution in [0.4, 0.5) is 5.69 Å². The molecular weight excluding hydrogens is 272 g/mol. The number of allylic oxidation sites excluding steroid dienone is 1. The summed E-state index contributed by atoms with van der Waals surface area (Å²) in [4.78, 5) is 10.1. The van der Waals surface area contributed by atoms with Crippen molar-refractivity contribution in [2.75, 3.05) is 0 Å². The molecule has 2 aromatic carbocycles. The fourth-order valence-corrected chi connectivity index (χ4v) is 1.75. The first-order valence-corrected chi connectivity index (χ1v) is 5.90. The van der Waals surface area contributed by atoms with Crippen molar-refractivity contribution in [1.82, 2.24) is 0 Å². The van der Waals surface area contributed by atoms with Gasteiger partial charge < -0.3 is 10.2 Å². The number of hydrogen-bond acceptors (Lipinski definition) is 5. The molecule has 0 fully saturated rings. The number of non-ortho nitro benzene ring substituents is 1. The van der Waals surface area contributed by atoms with E-state index in [0.29, 0.717) is 11.1 Å². The zero-order chi connectivity index (χ0) is 15.4. The molecule has 0 saturated heterocycles. The van der Waals surface area contributed by atoms with Crippen LogP contribution in [0.1, 0.15) is 11.1 Å². The maximum atomic E-state index is 10.6. The summed E-state index contributed by atoms with van der Waals surface area (Å²) < 4.78 is 0. The molecule has 0 saturated carbocycles. The monoisotopic (exact) mass is 282 g/mol. The van der Waals surface area contributed by atoms with Gasteiger partial charge in [0.1, 0.15) is 11.5 Å². The molecule has 0 heterocycles. The van der Waals surface area contributed by atoms with Gasteiger partial charge in [0.25, 0.3) is 5.69 Å². The predicted molar refractivity (Wildman–Crippen MR) is 76.4 cm³/mol. The van der Waals surface area contributed by atoms with Gasteiger partial charge in [0.2, 0.25) is 0 Å². The van der Waals surface area contributed by atoms with Crippen LogP contribution in [0.5, 0.6) is 11.5 Å². The molecule has 6 nitrogen and oxygen atoms in total. The number of nitriles is 1. The Morgan fingerprint density at radius 2 is 1.86 bits per heavy atom. The first-order valence-electron chi connectivity index (χ1n) is 5.90. The SMILES string of the molecule is N#CC(=Cc1ccc(O)cc1O)c1ccc([N+](=O)[O-])cc1. The Morgan fingerprint density at radius 3 is 2.38 bits per heavy atom. The third kappa shape index (κ3) is 3.16. The molecule has 0 bridgehead atoms. The van der Waals surface area contributed by atoms with Crippen LogP contribution in [-0.2, 0) is 0 Å². The highest BCUT2D eigenvalue weighted by Crippen LogP contribution is 2.27. The highest BCUT2D eigenvalue weighted by Gasteiger charge is 2.08. The van der Waals surface area contributed by atoms with Crippen molar-refractivity contribution in [3.05, 3.63) is 63.7 Å². The van der Waals surface area contributed by atoms with E-state index in [1.54, 1.807) is 0 Å². The molecule has 2 aromatic rings. The summed E-state index contributed by atoms with van der Waals surface area (Å²) in [6, 6.07) is 11.5. The van der Waals surface area contributed by atoms with Crippen LogP contribution in [0.15, 0.2) is 42.5 Å². The van der Waals surface area contributed by atoms with Gasteiger partial charge in [-0.25, -0.2) is 0 Å². The summed E-state index contributed by atoms with van der Waals surface area (Å²) in [5, 5.41) is 38.7. The normalized spacial score (nSPS) is 10.9. The summed E-state index contributed by atoms with van der Waals surface area (Å²) in [5.74, 6) is -0.247. The fourth-order valence-electron chi connectivity index (χ4n) is 1.75. The molecule has 0 atom stereocenters. The molecule has 0 radical (unpaired) electrons. The zero-order valence-corrected chi connectivity index (χ0v) is 10.7.